The smallest absolute Gasteiger partial charge is 0.189 e. The van der Waals surface area contributed by atoms with Gasteiger partial charge in [0, 0.05) is 17.2 Å². The number of ketones is 1. The SMILES string of the molecule is O=C(/C=C(\O)c1ccc(OCCO)cc1)c1ccc(OCCO)cc1. The predicted octanol–water partition coefficient (Wildman–Crippen LogP) is 2.21. The summed E-state index contributed by atoms with van der Waals surface area (Å²) in [6.45, 7) is 0.218. The van der Waals surface area contributed by atoms with E-state index in [0.717, 1.165) is 6.08 Å². The fourth-order valence-corrected chi connectivity index (χ4v) is 2.06. The first kappa shape index (κ1) is 18.5. The van der Waals surface area contributed by atoms with E-state index in [1.807, 2.05) is 0 Å². The van der Waals surface area contributed by atoms with E-state index in [-0.39, 0.29) is 38.0 Å². The largest absolute Gasteiger partial charge is 0.507 e. The molecule has 0 saturated heterocycles. The molecule has 0 aliphatic rings. The summed E-state index contributed by atoms with van der Waals surface area (Å²) in [6, 6.07) is 13.0. The number of rotatable bonds is 9. The van der Waals surface area contributed by atoms with Crippen molar-refractivity contribution in [2.75, 3.05) is 26.4 Å². The first-order valence-electron chi connectivity index (χ1n) is 7.77. The summed E-state index contributed by atoms with van der Waals surface area (Å²) in [7, 11) is 0. The monoisotopic (exact) mass is 344 g/mol. The molecule has 2 aromatic carbocycles. The normalized spacial score (nSPS) is 11.2. The van der Waals surface area contributed by atoms with Crippen LogP contribution < -0.4 is 9.47 Å². The van der Waals surface area contributed by atoms with Gasteiger partial charge in [-0.2, -0.15) is 0 Å². The standard InChI is InChI=1S/C19H20O6/c20-9-11-24-16-5-1-14(2-6-16)18(22)13-19(23)15-3-7-17(8-4-15)25-12-10-21/h1-8,13,20-22H,9-12H2/b18-13-. The second-order valence-electron chi connectivity index (χ2n) is 5.09. The highest BCUT2D eigenvalue weighted by atomic mass is 16.5. The van der Waals surface area contributed by atoms with Crippen molar-refractivity contribution in [3.63, 3.8) is 0 Å². The zero-order chi connectivity index (χ0) is 18.1. The molecular formula is C19H20O6. The molecule has 25 heavy (non-hydrogen) atoms. The fraction of sp³-hybridized carbons (Fsp3) is 0.211. The zero-order valence-corrected chi connectivity index (χ0v) is 13.6. The molecule has 0 saturated carbocycles. The zero-order valence-electron chi connectivity index (χ0n) is 13.6. The van der Waals surface area contributed by atoms with Crippen molar-refractivity contribution in [2.45, 2.75) is 0 Å². The Balaban J connectivity index is 2.03. The van der Waals surface area contributed by atoms with Crippen LogP contribution in [0.5, 0.6) is 11.5 Å². The van der Waals surface area contributed by atoms with Crippen LogP contribution in [0.1, 0.15) is 15.9 Å². The lowest BCUT2D eigenvalue weighted by Crippen LogP contribution is -2.02. The summed E-state index contributed by atoms with van der Waals surface area (Å²) in [5.41, 5.74) is 0.887. The van der Waals surface area contributed by atoms with Crippen LogP contribution in [-0.2, 0) is 0 Å². The van der Waals surface area contributed by atoms with Crippen LogP contribution in [0.2, 0.25) is 0 Å². The summed E-state index contributed by atoms with van der Waals surface area (Å²) >= 11 is 0. The molecule has 0 aromatic heterocycles. The molecular weight excluding hydrogens is 324 g/mol. The maximum absolute atomic E-state index is 12.2. The molecule has 6 heteroatoms. The van der Waals surface area contributed by atoms with Gasteiger partial charge in [0.05, 0.1) is 13.2 Å². The van der Waals surface area contributed by atoms with E-state index in [9.17, 15) is 9.90 Å². The van der Waals surface area contributed by atoms with Gasteiger partial charge in [0.15, 0.2) is 5.78 Å². The molecule has 0 amide bonds. The number of allylic oxidation sites excluding steroid dienone is 1. The summed E-state index contributed by atoms with van der Waals surface area (Å²) < 4.78 is 10.5. The molecule has 3 N–H and O–H groups in total. The van der Waals surface area contributed by atoms with Gasteiger partial charge in [-0.25, -0.2) is 0 Å². The Labute approximate surface area is 145 Å². The quantitative estimate of drug-likeness (QED) is 0.367. The van der Waals surface area contributed by atoms with Gasteiger partial charge in [-0.05, 0) is 48.5 Å². The number of aliphatic hydroxyl groups excluding tert-OH is 3. The van der Waals surface area contributed by atoms with Crippen molar-refractivity contribution in [2.24, 2.45) is 0 Å². The summed E-state index contributed by atoms with van der Waals surface area (Å²) in [5, 5.41) is 27.5. The van der Waals surface area contributed by atoms with Crippen LogP contribution in [0.4, 0.5) is 0 Å². The number of hydrogen-bond acceptors (Lipinski definition) is 6. The molecule has 0 fully saturated rings. The number of benzene rings is 2. The minimum Gasteiger partial charge on any atom is -0.507 e. The minimum atomic E-state index is -0.341. The molecule has 0 bridgehead atoms. The summed E-state index contributed by atoms with van der Waals surface area (Å²) in [5.74, 6) is 0.624. The van der Waals surface area contributed by atoms with E-state index in [2.05, 4.69) is 0 Å². The number of hydrogen-bond donors (Lipinski definition) is 3. The van der Waals surface area contributed by atoms with Crippen molar-refractivity contribution < 1.29 is 29.6 Å². The molecule has 0 unspecified atom stereocenters. The summed E-state index contributed by atoms with van der Waals surface area (Å²) in [4.78, 5) is 12.2. The van der Waals surface area contributed by atoms with E-state index in [4.69, 9.17) is 19.7 Å². The van der Waals surface area contributed by atoms with E-state index in [1.54, 1.807) is 48.5 Å². The highest BCUT2D eigenvalue weighted by molar-refractivity contribution is 6.07. The topological polar surface area (TPSA) is 96.2 Å². The molecule has 0 radical (unpaired) electrons. The number of carbonyl (C=O) groups excluding carboxylic acids is 1. The average Bonchev–Trinajstić information content (AvgIpc) is 2.65. The van der Waals surface area contributed by atoms with Gasteiger partial charge in [-0.1, -0.05) is 0 Å². The van der Waals surface area contributed by atoms with E-state index in [0.29, 0.717) is 22.6 Å². The average molecular weight is 344 g/mol. The van der Waals surface area contributed by atoms with Gasteiger partial charge in [-0.15, -0.1) is 0 Å². The Bertz CT molecular complexity index is 704. The minimum absolute atomic E-state index is 0.0781. The molecule has 6 nitrogen and oxygen atoms in total. The molecule has 2 rings (SSSR count). The third kappa shape index (κ3) is 5.63. The first-order valence-corrected chi connectivity index (χ1v) is 7.77. The molecule has 0 aliphatic carbocycles. The lowest BCUT2D eigenvalue weighted by atomic mass is 10.1. The highest BCUT2D eigenvalue weighted by Crippen LogP contribution is 2.19. The number of ether oxygens (including phenoxy) is 2. The van der Waals surface area contributed by atoms with Crippen LogP contribution in [0.25, 0.3) is 5.76 Å². The number of carbonyl (C=O) groups is 1. The Hall–Kier alpha value is -2.83. The first-order chi connectivity index (χ1) is 12.1. The molecule has 132 valence electrons. The van der Waals surface area contributed by atoms with Crippen LogP contribution in [0.3, 0.4) is 0 Å². The van der Waals surface area contributed by atoms with Gasteiger partial charge in [0.25, 0.3) is 0 Å². The fourth-order valence-electron chi connectivity index (χ4n) is 2.06. The van der Waals surface area contributed by atoms with E-state index >= 15 is 0 Å². The van der Waals surface area contributed by atoms with Crippen molar-refractivity contribution in [1.82, 2.24) is 0 Å². The van der Waals surface area contributed by atoms with Crippen molar-refractivity contribution >= 4 is 11.5 Å². The van der Waals surface area contributed by atoms with Gasteiger partial charge in [0.1, 0.15) is 30.5 Å². The third-order valence-corrected chi connectivity index (χ3v) is 3.28. The summed E-state index contributed by atoms with van der Waals surface area (Å²) in [6.07, 6.45) is 1.15. The Kier molecular flexibility index (Phi) is 7.00. The molecule has 0 heterocycles. The van der Waals surface area contributed by atoms with Crippen LogP contribution in [-0.4, -0.2) is 47.5 Å². The van der Waals surface area contributed by atoms with Gasteiger partial charge >= 0.3 is 0 Å². The molecule has 0 spiro atoms. The van der Waals surface area contributed by atoms with Gasteiger partial charge in [0.2, 0.25) is 0 Å². The molecule has 0 aliphatic heterocycles. The van der Waals surface area contributed by atoms with Crippen molar-refractivity contribution in [1.29, 1.82) is 0 Å². The van der Waals surface area contributed by atoms with E-state index in [1.165, 1.54) is 0 Å². The second-order valence-corrected chi connectivity index (χ2v) is 5.09. The van der Waals surface area contributed by atoms with Crippen LogP contribution in [0, 0.1) is 0 Å². The van der Waals surface area contributed by atoms with Gasteiger partial charge in [-0.3, -0.25) is 4.79 Å². The van der Waals surface area contributed by atoms with Crippen molar-refractivity contribution in [3.05, 3.63) is 65.7 Å². The Morgan fingerprint density at radius 3 is 1.68 bits per heavy atom. The predicted molar refractivity (Wildman–Crippen MR) is 93.0 cm³/mol. The van der Waals surface area contributed by atoms with Gasteiger partial charge < -0.3 is 24.8 Å². The van der Waals surface area contributed by atoms with E-state index < -0.39 is 0 Å². The molecule has 0 atom stereocenters. The maximum Gasteiger partial charge on any atom is 0.189 e. The third-order valence-electron chi connectivity index (χ3n) is 3.28. The molecule has 2 aromatic rings. The van der Waals surface area contributed by atoms with Crippen molar-refractivity contribution in [3.8, 4) is 11.5 Å². The highest BCUT2D eigenvalue weighted by Gasteiger charge is 2.07. The lowest BCUT2D eigenvalue weighted by molar-refractivity contribution is 0.104. The number of aliphatic hydroxyl groups is 3. The Morgan fingerprint density at radius 2 is 1.24 bits per heavy atom. The maximum atomic E-state index is 12.2. The second kappa shape index (κ2) is 9.46. The van der Waals surface area contributed by atoms with Crippen LogP contribution in [0.15, 0.2) is 54.6 Å². The van der Waals surface area contributed by atoms with Crippen LogP contribution >= 0.6 is 0 Å². The lowest BCUT2D eigenvalue weighted by Gasteiger charge is -2.06. The Morgan fingerprint density at radius 1 is 0.800 bits per heavy atom.